The number of hydrogen-bond acceptors (Lipinski definition) is 6. The SMILES string of the molecule is CC/C=C\C/C=C\C/C=C\C/C=C\C/C=C\C/C=C\C/C=C\CCCC(=O)OC1CCC2(C)C(CCC3C2CC(O)C2(C)C(C(C)CCC(=O)NCCS(=O)(=O)O)CCC32)C1. The van der Waals surface area contributed by atoms with Crippen molar-refractivity contribution in [1.82, 2.24) is 5.32 Å². The van der Waals surface area contributed by atoms with Crippen LogP contribution in [-0.2, 0) is 24.4 Å². The number of aliphatic hydroxyl groups excluding tert-OH is 1. The number of rotatable bonds is 25. The highest BCUT2D eigenvalue weighted by Gasteiger charge is 2.63. The molecule has 0 aromatic rings. The molecule has 4 fully saturated rings. The molecule has 0 heterocycles. The van der Waals surface area contributed by atoms with Crippen LogP contribution in [0, 0.1) is 46.3 Å². The van der Waals surface area contributed by atoms with E-state index in [0.717, 1.165) is 103 Å². The fourth-order valence-corrected chi connectivity index (χ4v) is 12.1. The van der Waals surface area contributed by atoms with Gasteiger partial charge in [0.2, 0.25) is 5.91 Å². The average molecular weight is 864 g/mol. The predicted octanol–water partition coefficient (Wildman–Crippen LogP) is 11.8. The summed E-state index contributed by atoms with van der Waals surface area (Å²) in [5.41, 5.74) is -0.0345. The number of aliphatic hydroxyl groups is 1. The number of hydrogen-bond donors (Lipinski definition) is 3. The summed E-state index contributed by atoms with van der Waals surface area (Å²) in [6.45, 7) is 9.04. The lowest BCUT2D eigenvalue weighted by Crippen LogP contribution is -2.59. The van der Waals surface area contributed by atoms with Gasteiger partial charge in [-0.25, -0.2) is 0 Å². The van der Waals surface area contributed by atoms with Crippen molar-refractivity contribution in [2.24, 2.45) is 46.3 Å². The van der Waals surface area contributed by atoms with Gasteiger partial charge in [-0.2, -0.15) is 8.42 Å². The maximum atomic E-state index is 12.9. The number of fused-ring (bicyclic) bond motifs is 5. The zero-order chi connectivity index (χ0) is 44.1. The zero-order valence-corrected chi connectivity index (χ0v) is 38.9. The third kappa shape index (κ3) is 15.9. The summed E-state index contributed by atoms with van der Waals surface area (Å²) in [5.74, 6) is 1.86. The van der Waals surface area contributed by atoms with Gasteiger partial charge in [-0.1, -0.05) is 113 Å². The highest BCUT2D eigenvalue weighted by molar-refractivity contribution is 7.85. The van der Waals surface area contributed by atoms with E-state index in [2.05, 4.69) is 118 Å². The molecule has 8 nitrogen and oxygen atoms in total. The Bertz CT molecular complexity index is 1670. The molecular weight excluding hydrogens is 783 g/mol. The van der Waals surface area contributed by atoms with E-state index in [1.807, 2.05) is 0 Å². The molecule has 0 aliphatic heterocycles. The Hall–Kier alpha value is -3.01. The van der Waals surface area contributed by atoms with Crippen LogP contribution in [0.1, 0.15) is 156 Å². The zero-order valence-electron chi connectivity index (χ0n) is 38.1. The van der Waals surface area contributed by atoms with Gasteiger partial charge in [0, 0.05) is 19.4 Å². The lowest BCUT2D eigenvalue weighted by molar-refractivity contribution is -0.181. The molecule has 0 bridgehead atoms. The van der Waals surface area contributed by atoms with Gasteiger partial charge < -0.3 is 15.2 Å². The van der Waals surface area contributed by atoms with Crippen LogP contribution in [0.2, 0.25) is 0 Å². The first-order valence-electron chi connectivity index (χ1n) is 23.9. The quantitative estimate of drug-likeness (QED) is 0.0361. The molecule has 0 aromatic heterocycles. The number of amides is 1. The molecule has 3 N–H and O–H groups in total. The van der Waals surface area contributed by atoms with E-state index in [-0.39, 0.29) is 47.4 Å². The van der Waals surface area contributed by atoms with Crippen molar-refractivity contribution >= 4 is 22.0 Å². The van der Waals surface area contributed by atoms with E-state index in [0.29, 0.717) is 48.9 Å². The van der Waals surface area contributed by atoms with Crippen molar-refractivity contribution in [3.63, 3.8) is 0 Å². The van der Waals surface area contributed by atoms with Crippen molar-refractivity contribution in [2.75, 3.05) is 12.3 Å². The van der Waals surface area contributed by atoms with Crippen LogP contribution in [0.15, 0.2) is 85.1 Å². The molecule has 342 valence electrons. The molecule has 9 heteroatoms. The first kappa shape index (κ1) is 50.6. The first-order valence-corrected chi connectivity index (χ1v) is 25.5. The summed E-state index contributed by atoms with van der Waals surface area (Å²) >= 11 is 0. The molecule has 10 unspecified atom stereocenters. The van der Waals surface area contributed by atoms with Gasteiger partial charge in [0.15, 0.2) is 0 Å². The van der Waals surface area contributed by atoms with Gasteiger partial charge in [-0.05, 0) is 162 Å². The monoisotopic (exact) mass is 864 g/mol. The van der Waals surface area contributed by atoms with Gasteiger partial charge in [-0.3, -0.25) is 14.1 Å². The number of ether oxygens (including phenoxy) is 1. The third-order valence-electron chi connectivity index (χ3n) is 15.1. The highest BCUT2D eigenvalue weighted by Crippen LogP contribution is 2.68. The standard InChI is InChI=1S/C52H81NO7S/c1-5-6-7-8-9-10-11-12-13-14-15-16-17-18-19-20-21-22-23-24-25-26-27-28-50(56)60-43-35-36-51(3)42(39-43)30-31-44-46-33-32-45(52(46,4)48(54)40-47(44)51)41(2)29-34-49(55)53-37-38-61(57,58)59/h6-7,9-10,12-13,15-16,18-19,21-22,24-25,41-48,54H,5,8,11,14,17,20,23,26-40H2,1-4H3,(H,53,55)(H,57,58,59)/b7-6-,10-9-,13-12-,16-15-,19-18-,22-21-,25-24-. The summed E-state index contributed by atoms with van der Waals surface area (Å²) in [4.78, 5) is 25.3. The van der Waals surface area contributed by atoms with Crippen LogP contribution in [-0.4, -0.2) is 54.5 Å². The Morgan fingerprint density at radius 1 is 0.754 bits per heavy atom. The lowest BCUT2D eigenvalue weighted by Gasteiger charge is -2.62. The highest BCUT2D eigenvalue weighted by atomic mass is 32.2. The fourth-order valence-electron chi connectivity index (χ4n) is 11.7. The Labute approximate surface area is 370 Å². The minimum atomic E-state index is -4.11. The molecule has 0 radical (unpaired) electrons. The summed E-state index contributed by atoms with van der Waals surface area (Å²) in [6.07, 6.45) is 48.7. The molecule has 4 aliphatic rings. The number of unbranched alkanes of at least 4 members (excludes halogenated alkanes) is 1. The topological polar surface area (TPSA) is 130 Å². The van der Waals surface area contributed by atoms with Gasteiger partial charge in [0.1, 0.15) is 6.10 Å². The third-order valence-corrected chi connectivity index (χ3v) is 15.8. The van der Waals surface area contributed by atoms with Crippen LogP contribution in [0.25, 0.3) is 0 Å². The summed E-state index contributed by atoms with van der Waals surface area (Å²) in [5, 5.41) is 14.6. The minimum absolute atomic E-state index is 0.00787. The predicted molar refractivity (Wildman–Crippen MR) is 250 cm³/mol. The van der Waals surface area contributed by atoms with E-state index >= 15 is 0 Å². The summed E-state index contributed by atoms with van der Waals surface area (Å²) < 4.78 is 37.0. The average Bonchev–Trinajstić information content (AvgIpc) is 3.59. The Balaban J connectivity index is 1.08. The Kier molecular flexibility index (Phi) is 21.5. The van der Waals surface area contributed by atoms with Gasteiger partial charge in [-0.15, -0.1) is 0 Å². The van der Waals surface area contributed by atoms with E-state index in [1.54, 1.807) is 0 Å². The van der Waals surface area contributed by atoms with E-state index < -0.39 is 15.9 Å². The second kappa shape index (κ2) is 25.9. The van der Waals surface area contributed by atoms with Crippen molar-refractivity contribution in [3.05, 3.63) is 85.1 Å². The molecular formula is C52H81NO7S. The van der Waals surface area contributed by atoms with Crippen molar-refractivity contribution in [1.29, 1.82) is 0 Å². The van der Waals surface area contributed by atoms with Crippen molar-refractivity contribution in [3.8, 4) is 0 Å². The number of allylic oxidation sites excluding steroid dienone is 14. The number of carbonyl (C=O) groups excluding carboxylic acids is 2. The van der Waals surface area contributed by atoms with Gasteiger partial charge >= 0.3 is 5.97 Å². The molecule has 1 amide bonds. The molecule has 4 aliphatic carbocycles. The Morgan fingerprint density at radius 2 is 1.33 bits per heavy atom. The van der Waals surface area contributed by atoms with Crippen molar-refractivity contribution < 1.29 is 32.4 Å². The summed E-state index contributed by atoms with van der Waals surface area (Å²) in [7, 11) is -4.11. The fraction of sp³-hybridized carbons (Fsp3) is 0.692. The number of carbonyl (C=O) groups is 2. The molecule has 0 spiro atoms. The molecule has 4 rings (SSSR count). The second-order valence-electron chi connectivity index (χ2n) is 19.0. The molecule has 0 aromatic carbocycles. The number of esters is 1. The molecule has 0 saturated heterocycles. The normalized spacial score (nSPS) is 31.2. The Morgan fingerprint density at radius 3 is 1.90 bits per heavy atom. The van der Waals surface area contributed by atoms with Gasteiger partial charge in [0.05, 0.1) is 11.9 Å². The van der Waals surface area contributed by atoms with E-state index in [4.69, 9.17) is 9.29 Å². The van der Waals surface area contributed by atoms with Crippen molar-refractivity contribution in [2.45, 2.75) is 168 Å². The summed E-state index contributed by atoms with van der Waals surface area (Å²) in [6, 6.07) is 0. The van der Waals surface area contributed by atoms with Crippen LogP contribution >= 0.6 is 0 Å². The maximum Gasteiger partial charge on any atom is 0.306 e. The van der Waals surface area contributed by atoms with Crippen LogP contribution < -0.4 is 5.32 Å². The van der Waals surface area contributed by atoms with Crippen LogP contribution in [0.4, 0.5) is 0 Å². The van der Waals surface area contributed by atoms with Gasteiger partial charge in [0.25, 0.3) is 10.1 Å². The minimum Gasteiger partial charge on any atom is -0.462 e. The number of nitrogens with one attached hydrogen (secondary N) is 1. The largest absolute Gasteiger partial charge is 0.462 e. The smallest absolute Gasteiger partial charge is 0.306 e. The van der Waals surface area contributed by atoms with Crippen LogP contribution in [0.3, 0.4) is 0 Å². The van der Waals surface area contributed by atoms with E-state index in [9.17, 15) is 23.1 Å². The first-order chi connectivity index (χ1) is 29.3. The molecule has 61 heavy (non-hydrogen) atoms. The lowest BCUT2D eigenvalue weighted by atomic mass is 9.43. The second-order valence-corrected chi connectivity index (χ2v) is 20.6. The molecule has 4 saturated carbocycles. The maximum absolute atomic E-state index is 12.9. The van der Waals surface area contributed by atoms with Crippen LogP contribution in [0.5, 0.6) is 0 Å². The molecule has 10 atom stereocenters. The van der Waals surface area contributed by atoms with E-state index in [1.165, 1.54) is 6.42 Å².